The van der Waals surface area contributed by atoms with Gasteiger partial charge in [-0.2, -0.15) is 0 Å². The van der Waals surface area contributed by atoms with Crippen LogP contribution in [0, 0.1) is 23.7 Å². The van der Waals surface area contributed by atoms with Crippen LogP contribution in [0.25, 0.3) is 0 Å². The van der Waals surface area contributed by atoms with E-state index in [0.29, 0.717) is 25.0 Å². The third kappa shape index (κ3) is 3.72. The highest BCUT2D eigenvalue weighted by atomic mass is 16.8. The number of rotatable bonds is 5. The van der Waals surface area contributed by atoms with Crippen molar-refractivity contribution >= 4 is 5.97 Å². The highest BCUT2D eigenvalue weighted by Gasteiger charge is 2.65. The van der Waals surface area contributed by atoms with Crippen LogP contribution in [0.15, 0.2) is 24.3 Å². The molecule has 0 radical (unpaired) electrons. The lowest BCUT2D eigenvalue weighted by Crippen LogP contribution is -2.66. The summed E-state index contributed by atoms with van der Waals surface area (Å²) in [5, 5.41) is 9.20. The van der Waals surface area contributed by atoms with Crippen molar-refractivity contribution in [3.63, 3.8) is 0 Å². The van der Waals surface area contributed by atoms with Crippen LogP contribution in [0.1, 0.15) is 51.2 Å². The van der Waals surface area contributed by atoms with Crippen molar-refractivity contribution in [3.05, 3.63) is 35.4 Å². The Morgan fingerprint density at radius 3 is 2.55 bits per heavy atom. The quantitative estimate of drug-likeness (QED) is 0.759. The lowest BCUT2D eigenvalue weighted by molar-refractivity contribution is -0.370. The second kappa shape index (κ2) is 8.34. The Hall–Kier alpha value is -1.47. The standard InChI is InChI=1S/C23H32O6/c1-14-4-9-20-15(2)21(26-13-18-7-5-17(12-24)6-8-18)29-22(28-16(3)25)23(20)19(14)10-11-27-23/h5-8,14-15,19-22,24H,4,9-13H2,1-3H3/t14-,15-,19+,20+,21+,22+,23-/m1/s1. The van der Waals surface area contributed by atoms with Crippen LogP contribution in [0.3, 0.4) is 0 Å². The first kappa shape index (κ1) is 20.8. The van der Waals surface area contributed by atoms with Crippen molar-refractivity contribution in [1.29, 1.82) is 0 Å². The van der Waals surface area contributed by atoms with E-state index in [1.165, 1.54) is 6.92 Å². The summed E-state index contributed by atoms with van der Waals surface area (Å²) >= 11 is 0. The molecule has 2 saturated heterocycles. The van der Waals surface area contributed by atoms with Gasteiger partial charge in [-0.25, -0.2) is 0 Å². The summed E-state index contributed by atoms with van der Waals surface area (Å²) in [5.41, 5.74) is 1.31. The first-order valence-corrected chi connectivity index (χ1v) is 10.7. The molecule has 3 aliphatic rings. The van der Waals surface area contributed by atoms with Gasteiger partial charge in [-0.1, -0.05) is 38.1 Å². The van der Waals surface area contributed by atoms with E-state index in [9.17, 15) is 9.90 Å². The van der Waals surface area contributed by atoms with Gasteiger partial charge in [0.25, 0.3) is 0 Å². The molecule has 0 amide bonds. The normalized spacial score (nSPS) is 38.9. The number of esters is 1. The zero-order valence-electron chi connectivity index (χ0n) is 17.5. The van der Waals surface area contributed by atoms with Crippen molar-refractivity contribution in [3.8, 4) is 0 Å². The maximum absolute atomic E-state index is 11.9. The van der Waals surface area contributed by atoms with E-state index in [-0.39, 0.29) is 24.4 Å². The predicted molar refractivity (Wildman–Crippen MR) is 105 cm³/mol. The molecule has 1 spiro atoms. The van der Waals surface area contributed by atoms with E-state index in [1.54, 1.807) is 0 Å². The molecule has 7 atom stereocenters. The summed E-state index contributed by atoms with van der Waals surface area (Å²) < 4.78 is 24.5. The van der Waals surface area contributed by atoms with E-state index in [0.717, 1.165) is 30.4 Å². The van der Waals surface area contributed by atoms with Gasteiger partial charge in [-0.3, -0.25) is 4.79 Å². The number of hydrogen-bond acceptors (Lipinski definition) is 6. The highest BCUT2D eigenvalue weighted by molar-refractivity contribution is 5.66. The van der Waals surface area contributed by atoms with Crippen molar-refractivity contribution in [2.45, 2.75) is 71.4 Å². The Morgan fingerprint density at radius 1 is 1.14 bits per heavy atom. The summed E-state index contributed by atoms with van der Waals surface area (Å²) in [7, 11) is 0. The minimum Gasteiger partial charge on any atom is -0.433 e. The molecule has 1 saturated carbocycles. The summed E-state index contributed by atoms with van der Waals surface area (Å²) in [4.78, 5) is 11.9. The number of carbonyl (C=O) groups is 1. The van der Waals surface area contributed by atoms with Crippen LogP contribution in [0.5, 0.6) is 0 Å². The molecule has 29 heavy (non-hydrogen) atoms. The van der Waals surface area contributed by atoms with Crippen LogP contribution < -0.4 is 0 Å². The average molecular weight is 405 g/mol. The second-order valence-corrected chi connectivity index (χ2v) is 8.85. The molecule has 0 aromatic heterocycles. The molecule has 1 aliphatic carbocycles. The Bertz CT molecular complexity index is 719. The summed E-state index contributed by atoms with van der Waals surface area (Å²) in [6, 6.07) is 7.67. The third-order valence-electron chi connectivity index (χ3n) is 7.14. The Kier molecular flexibility index (Phi) is 5.98. The molecule has 4 rings (SSSR count). The van der Waals surface area contributed by atoms with E-state index >= 15 is 0 Å². The monoisotopic (exact) mass is 404 g/mol. The minimum absolute atomic E-state index is 0.0251. The smallest absolute Gasteiger partial charge is 0.305 e. The maximum atomic E-state index is 11.9. The molecule has 2 heterocycles. The molecule has 1 aromatic carbocycles. The third-order valence-corrected chi connectivity index (χ3v) is 7.14. The van der Waals surface area contributed by atoms with E-state index in [4.69, 9.17) is 18.9 Å². The van der Waals surface area contributed by atoms with Crippen molar-refractivity contribution < 1.29 is 28.8 Å². The zero-order chi connectivity index (χ0) is 20.6. The van der Waals surface area contributed by atoms with E-state index < -0.39 is 18.2 Å². The molecular formula is C23H32O6. The Morgan fingerprint density at radius 2 is 1.86 bits per heavy atom. The Labute approximate surface area is 172 Å². The summed E-state index contributed by atoms with van der Waals surface area (Å²) in [6.45, 7) is 6.95. The van der Waals surface area contributed by atoms with Gasteiger partial charge in [0.1, 0.15) is 5.60 Å². The Balaban J connectivity index is 1.54. The fraction of sp³-hybridized carbons (Fsp3) is 0.696. The second-order valence-electron chi connectivity index (χ2n) is 8.85. The number of aliphatic hydroxyl groups excluding tert-OH is 1. The van der Waals surface area contributed by atoms with Crippen LogP contribution in [0.2, 0.25) is 0 Å². The largest absolute Gasteiger partial charge is 0.433 e. The first-order chi connectivity index (χ1) is 14.0. The van der Waals surface area contributed by atoms with Crippen molar-refractivity contribution in [2.75, 3.05) is 6.61 Å². The molecule has 2 aliphatic heterocycles. The SMILES string of the molecule is CC(=O)O[C@H]1O[C@H](OCc2ccc(CO)cc2)[C@H](C)[C@@H]2CC[C@@H](C)[C@@H]3CCO[C@@]123. The highest BCUT2D eigenvalue weighted by Crippen LogP contribution is 2.57. The predicted octanol–water partition coefficient (Wildman–Crippen LogP) is 3.40. The molecular weight excluding hydrogens is 372 g/mol. The van der Waals surface area contributed by atoms with Crippen LogP contribution in [-0.4, -0.2) is 35.9 Å². The van der Waals surface area contributed by atoms with Crippen LogP contribution in [0.4, 0.5) is 0 Å². The van der Waals surface area contributed by atoms with Crippen LogP contribution in [-0.2, 0) is 37.0 Å². The zero-order valence-corrected chi connectivity index (χ0v) is 17.5. The molecule has 0 unspecified atom stereocenters. The first-order valence-electron chi connectivity index (χ1n) is 10.7. The lowest BCUT2D eigenvalue weighted by Gasteiger charge is -2.56. The molecule has 1 N–H and O–H groups in total. The molecule has 160 valence electrons. The number of ether oxygens (including phenoxy) is 4. The topological polar surface area (TPSA) is 74.2 Å². The summed E-state index contributed by atoms with van der Waals surface area (Å²) in [6.07, 6.45) is 1.94. The van der Waals surface area contributed by atoms with Gasteiger partial charge in [-0.15, -0.1) is 0 Å². The summed E-state index contributed by atoms with van der Waals surface area (Å²) in [5.74, 6) is 0.853. The van der Waals surface area contributed by atoms with Gasteiger partial charge in [0, 0.05) is 25.4 Å². The van der Waals surface area contributed by atoms with Gasteiger partial charge < -0.3 is 24.1 Å². The van der Waals surface area contributed by atoms with E-state index in [1.807, 2.05) is 24.3 Å². The number of hydrogen-bond donors (Lipinski definition) is 1. The number of carbonyl (C=O) groups excluding carboxylic acids is 1. The van der Waals surface area contributed by atoms with Gasteiger partial charge in [0.05, 0.1) is 13.2 Å². The minimum atomic E-state index is -0.738. The van der Waals surface area contributed by atoms with Crippen molar-refractivity contribution in [1.82, 2.24) is 0 Å². The molecule has 1 aromatic rings. The van der Waals surface area contributed by atoms with Gasteiger partial charge in [-0.05, 0) is 42.2 Å². The fourth-order valence-electron chi connectivity index (χ4n) is 5.69. The lowest BCUT2D eigenvalue weighted by atomic mass is 9.59. The fourth-order valence-corrected chi connectivity index (χ4v) is 5.69. The number of aliphatic hydroxyl groups is 1. The average Bonchev–Trinajstić information content (AvgIpc) is 3.16. The van der Waals surface area contributed by atoms with Gasteiger partial charge in [0.2, 0.25) is 6.29 Å². The van der Waals surface area contributed by atoms with Gasteiger partial charge in [0.15, 0.2) is 6.29 Å². The molecule has 6 nitrogen and oxygen atoms in total. The number of benzene rings is 1. The maximum Gasteiger partial charge on any atom is 0.305 e. The van der Waals surface area contributed by atoms with Crippen molar-refractivity contribution in [2.24, 2.45) is 23.7 Å². The van der Waals surface area contributed by atoms with E-state index in [2.05, 4.69) is 13.8 Å². The van der Waals surface area contributed by atoms with Crippen LogP contribution >= 0.6 is 0 Å². The molecule has 6 heteroatoms. The van der Waals surface area contributed by atoms with Gasteiger partial charge >= 0.3 is 5.97 Å². The molecule has 0 bridgehead atoms. The molecule has 3 fully saturated rings.